The molecule has 0 bridgehead atoms. The van der Waals surface area contributed by atoms with Crippen molar-refractivity contribution in [3.8, 4) is 11.1 Å². The lowest BCUT2D eigenvalue weighted by molar-refractivity contribution is 0.945. The van der Waals surface area contributed by atoms with E-state index in [1.54, 1.807) is 6.07 Å². The van der Waals surface area contributed by atoms with E-state index in [1.807, 2.05) is 29.9 Å². The first-order valence-electron chi connectivity index (χ1n) is 5.69. The van der Waals surface area contributed by atoms with E-state index in [-0.39, 0.29) is 0 Å². The minimum absolute atomic E-state index is 0.430. The number of benzene rings is 1. The number of nitrogen functional groups attached to an aromatic ring is 2. The average Bonchev–Trinajstić information content (AvgIpc) is 2.72. The molecule has 0 fully saturated rings. The van der Waals surface area contributed by atoms with Gasteiger partial charge in [-0.15, -0.1) is 0 Å². The number of aromatic nitrogens is 3. The van der Waals surface area contributed by atoms with Gasteiger partial charge in [0.05, 0.1) is 16.1 Å². The third-order valence-electron chi connectivity index (χ3n) is 3.10. The summed E-state index contributed by atoms with van der Waals surface area (Å²) in [6.07, 6.45) is 3.37. The Kier molecular flexibility index (Phi) is 2.57. The second-order valence-electron chi connectivity index (χ2n) is 4.32. The molecule has 0 spiro atoms. The van der Waals surface area contributed by atoms with E-state index >= 15 is 0 Å². The monoisotopic (exact) mass is 273 g/mol. The van der Waals surface area contributed by atoms with Gasteiger partial charge in [0.25, 0.3) is 0 Å². The van der Waals surface area contributed by atoms with Gasteiger partial charge >= 0.3 is 0 Å². The van der Waals surface area contributed by atoms with Crippen LogP contribution in [0.4, 0.5) is 11.5 Å². The van der Waals surface area contributed by atoms with Crippen LogP contribution in [0.3, 0.4) is 0 Å². The van der Waals surface area contributed by atoms with Crippen molar-refractivity contribution < 1.29 is 0 Å². The second kappa shape index (κ2) is 4.13. The first kappa shape index (κ1) is 11.8. The van der Waals surface area contributed by atoms with Gasteiger partial charge in [-0.2, -0.15) is 0 Å². The molecule has 0 aliphatic carbocycles. The van der Waals surface area contributed by atoms with Crippen LogP contribution in [0.15, 0.2) is 30.7 Å². The normalized spacial score (nSPS) is 11.1. The highest BCUT2D eigenvalue weighted by Gasteiger charge is 2.16. The van der Waals surface area contributed by atoms with Crippen molar-refractivity contribution in [1.29, 1.82) is 0 Å². The first-order valence-corrected chi connectivity index (χ1v) is 6.07. The van der Waals surface area contributed by atoms with Gasteiger partial charge in [0.1, 0.15) is 17.8 Å². The van der Waals surface area contributed by atoms with Crippen molar-refractivity contribution in [2.75, 3.05) is 11.5 Å². The third kappa shape index (κ3) is 1.70. The molecule has 3 aromatic rings. The number of halogens is 1. The molecule has 0 saturated carbocycles. The molecule has 0 saturated heterocycles. The van der Waals surface area contributed by atoms with Crippen LogP contribution in [-0.4, -0.2) is 14.5 Å². The maximum atomic E-state index is 6.27. The van der Waals surface area contributed by atoms with Crippen LogP contribution >= 0.6 is 11.6 Å². The minimum Gasteiger partial charge on any atom is -0.398 e. The van der Waals surface area contributed by atoms with Crippen molar-refractivity contribution in [3.63, 3.8) is 0 Å². The highest BCUT2D eigenvalue weighted by molar-refractivity contribution is 6.36. The van der Waals surface area contributed by atoms with E-state index in [0.29, 0.717) is 16.5 Å². The van der Waals surface area contributed by atoms with Gasteiger partial charge in [0.15, 0.2) is 0 Å². The van der Waals surface area contributed by atoms with Gasteiger partial charge in [-0.1, -0.05) is 23.7 Å². The molecule has 0 aliphatic rings. The standard InChI is InChI=1S/C13H12ClN5/c1-19-5-8(7-3-2-4-9(15)11(7)14)10-12(16)17-6-18-13(10)19/h2-6H,15H2,1H3,(H2,16,17,18). The third-order valence-corrected chi connectivity index (χ3v) is 3.52. The molecule has 3 rings (SSSR count). The zero-order valence-corrected chi connectivity index (χ0v) is 11.0. The molecular formula is C13H12ClN5. The predicted molar refractivity (Wildman–Crippen MR) is 77.8 cm³/mol. The SMILES string of the molecule is Cn1cc(-c2cccc(N)c2Cl)c2c(N)ncnc21. The van der Waals surface area contributed by atoms with Crippen molar-refractivity contribution >= 4 is 34.1 Å². The van der Waals surface area contributed by atoms with Crippen LogP contribution in [-0.2, 0) is 7.05 Å². The van der Waals surface area contributed by atoms with Crippen LogP contribution in [0.25, 0.3) is 22.2 Å². The van der Waals surface area contributed by atoms with E-state index in [0.717, 1.165) is 22.2 Å². The molecule has 19 heavy (non-hydrogen) atoms. The first-order chi connectivity index (χ1) is 9.09. The molecule has 2 heterocycles. The van der Waals surface area contributed by atoms with Crippen LogP contribution in [0, 0.1) is 0 Å². The molecular weight excluding hydrogens is 262 g/mol. The molecule has 0 unspecified atom stereocenters. The summed E-state index contributed by atoms with van der Waals surface area (Å²) in [5.74, 6) is 0.430. The summed E-state index contributed by atoms with van der Waals surface area (Å²) in [4.78, 5) is 8.28. The van der Waals surface area contributed by atoms with E-state index in [9.17, 15) is 0 Å². The van der Waals surface area contributed by atoms with Gasteiger partial charge in [-0.3, -0.25) is 0 Å². The predicted octanol–water partition coefficient (Wildman–Crippen LogP) is 2.45. The van der Waals surface area contributed by atoms with E-state index in [4.69, 9.17) is 23.1 Å². The Morgan fingerprint density at radius 2 is 1.95 bits per heavy atom. The smallest absolute Gasteiger partial charge is 0.145 e. The number of nitrogens with zero attached hydrogens (tertiary/aromatic N) is 3. The summed E-state index contributed by atoms with van der Waals surface area (Å²) in [5.41, 5.74) is 14.8. The van der Waals surface area contributed by atoms with Gasteiger partial charge in [0.2, 0.25) is 0 Å². The fraction of sp³-hybridized carbons (Fsp3) is 0.0769. The van der Waals surface area contributed by atoms with Gasteiger partial charge in [-0.05, 0) is 6.07 Å². The molecule has 4 N–H and O–H groups in total. The summed E-state index contributed by atoms with van der Waals surface area (Å²) < 4.78 is 1.89. The number of anilines is 2. The zero-order chi connectivity index (χ0) is 13.6. The van der Waals surface area contributed by atoms with Crippen molar-refractivity contribution in [1.82, 2.24) is 14.5 Å². The maximum absolute atomic E-state index is 6.27. The summed E-state index contributed by atoms with van der Waals surface area (Å²) in [6, 6.07) is 5.52. The molecule has 5 nitrogen and oxygen atoms in total. The molecule has 0 atom stereocenters. The Labute approximate surface area is 114 Å². The molecule has 6 heteroatoms. The van der Waals surface area contributed by atoms with Gasteiger partial charge < -0.3 is 16.0 Å². The van der Waals surface area contributed by atoms with E-state index in [2.05, 4.69) is 9.97 Å². The molecule has 0 radical (unpaired) electrons. The zero-order valence-electron chi connectivity index (χ0n) is 10.3. The number of hydrogen-bond acceptors (Lipinski definition) is 4. The Balaban J connectivity index is 2.41. The highest BCUT2D eigenvalue weighted by atomic mass is 35.5. The largest absolute Gasteiger partial charge is 0.398 e. The van der Waals surface area contributed by atoms with Gasteiger partial charge in [0, 0.05) is 24.4 Å². The molecule has 1 aromatic carbocycles. The van der Waals surface area contributed by atoms with E-state index in [1.165, 1.54) is 6.33 Å². The Bertz CT molecular complexity index is 778. The number of hydrogen-bond donors (Lipinski definition) is 2. The van der Waals surface area contributed by atoms with Crippen LogP contribution in [0.2, 0.25) is 5.02 Å². The van der Waals surface area contributed by atoms with Crippen molar-refractivity contribution in [2.45, 2.75) is 0 Å². The summed E-state index contributed by atoms with van der Waals surface area (Å²) in [6.45, 7) is 0. The number of rotatable bonds is 1. The lowest BCUT2D eigenvalue weighted by Crippen LogP contribution is -1.94. The summed E-state index contributed by atoms with van der Waals surface area (Å²) >= 11 is 6.27. The fourth-order valence-corrected chi connectivity index (χ4v) is 2.42. The number of nitrogens with two attached hydrogens (primary N) is 2. The summed E-state index contributed by atoms with van der Waals surface area (Å²) in [5, 5.41) is 1.30. The van der Waals surface area contributed by atoms with E-state index < -0.39 is 0 Å². The lowest BCUT2D eigenvalue weighted by atomic mass is 10.1. The van der Waals surface area contributed by atoms with Crippen molar-refractivity contribution in [2.24, 2.45) is 7.05 Å². The second-order valence-corrected chi connectivity index (χ2v) is 4.70. The van der Waals surface area contributed by atoms with Gasteiger partial charge in [-0.25, -0.2) is 9.97 Å². The topological polar surface area (TPSA) is 82.8 Å². The molecule has 0 aliphatic heterocycles. The summed E-state index contributed by atoms with van der Waals surface area (Å²) in [7, 11) is 1.90. The fourth-order valence-electron chi connectivity index (χ4n) is 2.20. The Morgan fingerprint density at radius 3 is 2.74 bits per heavy atom. The quantitative estimate of drug-likeness (QED) is 0.667. The number of aryl methyl sites for hydroxylation is 1. The van der Waals surface area contributed by atoms with Crippen LogP contribution in [0.1, 0.15) is 0 Å². The minimum atomic E-state index is 0.430. The molecule has 0 amide bonds. The lowest BCUT2D eigenvalue weighted by Gasteiger charge is -2.06. The molecule has 96 valence electrons. The highest BCUT2D eigenvalue weighted by Crippen LogP contribution is 2.38. The average molecular weight is 274 g/mol. The maximum Gasteiger partial charge on any atom is 0.145 e. The van der Waals surface area contributed by atoms with Crippen LogP contribution in [0.5, 0.6) is 0 Å². The van der Waals surface area contributed by atoms with Crippen molar-refractivity contribution in [3.05, 3.63) is 35.7 Å². The molecule has 2 aromatic heterocycles. The van der Waals surface area contributed by atoms with Crippen LogP contribution < -0.4 is 11.5 Å². The Hall–Kier alpha value is -2.27. The Morgan fingerprint density at radius 1 is 1.16 bits per heavy atom. The number of fused-ring (bicyclic) bond motifs is 1.